The summed E-state index contributed by atoms with van der Waals surface area (Å²) in [5, 5.41) is 7.36. The van der Waals surface area contributed by atoms with E-state index in [-0.39, 0.29) is 28.4 Å². The molecule has 160 valence electrons. The lowest BCUT2D eigenvalue weighted by molar-refractivity contribution is -0.116. The number of nitrogens with zero attached hydrogens (tertiary/aromatic N) is 3. The SMILES string of the molecule is CC(=O)N1CCc2c(NC(=O)c3cc(-c4ccccc4F)nc4onc(C)c34)cccc21. The molecular weight excluding hydrogens is 411 g/mol. The van der Waals surface area contributed by atoms with Crippen molar-refractivity contribution in [2.75, 3.05) is 16.8 Å². The largest absolute Gasteiger partial charge is 0.335 e. The van der Waals surface area contributed by atoms with Gasteiger partial charge in [-0.05, 0) is 43.7 Å². The first-order valence-electron chi connectivity index (χ1n) is 10.2. The molecule has 1 N–H and O–H groups in total. The Morgan fingerprint density at radius 2 is 1.97 bits per heavy atom. The second-order valence-corrected chi connectivity index (χ2v) is 7.66. The van der Waals surface area contributed by atoms with Crippen LogP contribution in [0.25, 0.3) is 22.4 Å². The Bertz CT molecular complexity index is 1400. The zero-order chi connectivity index (χ0) is 22.4. The highest BCUT2D eigenvalue weighted by molar-refractivity contribution is 6.13. The molecule has 5 rings (SSSR count). The third kappa shape index (κ3) is 3.20. The number of rotatable bonds is 3. The number of benzene rings is 2. The van der Waals surface area contributed by atoms with Crippen molar-refractivity contribution in [1.29, 1.82) is 0 Å². The Morgan fingerprint density at radius 3 is 2.75 bits per heavy atom. The van der Waals surface area contributed by atoms with Crippen LogP contribution in [0.15, 0.2) is 53.1 Å². The van der Waals surface area contributed by atoms with Crippen LogP contribution in [0.3, 0.4) is 0 Å². The van der Waals surface area contributed by atoms with Crippen molar-refractivity contribution in [1.82, 2.24) is 10.1 Å². The molecule has 4 aromatic rings. The first-order chi connectivity index (χ1) is 15.4. The van der Waals surface area contributed by atoms with E-state index in [0.717, 1.165) is 11.3 Å². The van der Waals surface area contributed by atoms with Crippen molar-refractivity contribution in [2.24, 2.45) is 0 Å². The quantitative estimate of drug-likeness (QED) is 0.517. The Morgan fingerprint density at radius 1 is 1.16 bits per heavy atom. The van der Waals surface area contributed by atoms with Crippen LogP contribution in [0.1, 0.15) is 28.5 Å². The van der Waals surface area contributed by atoms with E-state index >= 15 is 0 Å². The van der Waals surface area contributed by atoms with Gasteiger partial charge in [-0.25, -0.2) is 9.37 Å². The number of fused-ring (bicyclic) bond motifs is 2. The molecule has 3 heterocycles. The van der Waals surface area contributed by atoms with Crippen molar-refractivity contribution in [3.05, 3.63) is 71.2 Å². The summed E-state index contributed by atoms with van der Waals surface area (Å²) in [6.07, 6.45) is 0.643. The number of anilines is 2. The summed E-state index contributed by atoms with van der Waals surface area (Å²) in [5.41, 5.74) is 3.82. The van der Waals surface area contributed by atoms with Gasteiger partial charge in [-0.3, -0.25) is 9.59 Å². The van der Waals surface area contributed by atoms with Gasteiger partial charge in [0.1, 0.15) is 5.82 Å². The molecule has 0 fully saturated rings. The Balaban J connectivity index is 1.58. The molecule has 7 nitrogen and oxygen atoms in total. The summed E-state index contributed by atoms with van der Waals surface area (Å²) in [6.45, 7) is 3.81. The van der Waals surface area contributed by atoms with Crippen LogP contribution < -0.4 is 10.2 Å². The smallest absolute Gasteiger partial charge is 0.259 e. The average molecular weight is 430 g/mol. The Labute approximate surface area is 182 Å². The fraction of sp³-hybridized carbons (Fsp3) is 0.167. The number of pyridine rings is 1. The van der Waals surface area contributed by atoms with Crippen molar-refractivity contribution < 1.29 is 18.5 Å². The van der Waals surface area contributed by atoms with E-state index in [0.29, 0.717) is 29.7 Å². The molecule has 1 aliphatic heterocycles. The van der Waals surface area contributed by atoms with E-state index < -0.39 is 11.7 Å². The maximum atomic E-state index is 14.4. The molecule has 8 heteroatoms. The Kier molecular flexibility index (Phi) is 4.70. The molecule has 0 atom stereocenters. The average Bonchev–Trinajstić information content (AvgIpc) is 3.38. The molecule has 2 amide bonds. The third-order valence-electron chi connectivity index (χ3n) is 5.67. The first-order valence-corrected chi connectivity index (χ1v) is 10.2. The molecule has 0 saturated heterocycles. The summed E-state index contributed by atoms with van der Waals surface area (Å²) in [7, 11) is 0. The maximum absolute atomic E-state index is 14.4. The molecule has 2 aromatic carbocycles. The fourth-order valence-corrected chi connectivity index (χ4v) is 4.15. The summed E-state index contributed by atoms with van der Waals surface area (Å²) >= 11 is 0. The number of aromatic nitrogens is 2. The van der Waals surface area contributed by atoms with E-state index in [9.17, 15) is 14.0 Å². The molecule has 0 spiro atoms. The van der Waals surface area contributed by atoms with Crippen LogP contribution >= 0.6 is 0 Å². The number of hydrogen-bond acceptors (Lipinski definition) is 5. The number of hydrogen-bond donors (Lipinski definition) is 1. The van der Waals surface area contributed by atoms with Crippen LogP contribution in [0.2, 0.25) is 0 Å². The molecule has 0 radical (unpaired) electrons. The van der Waals surface area contributed by atoms with E-state index in [1.165, 1.54) is 13.0 Å². The molecule has 32 heavy (non-hydrogen) atoms. The van der Waals surface area contributed by atoms with E-state index in [1.54, 1.807) is 48.2 Å². The van der Waals surface area contributed by atoms with E-state index in [4.69, 9.17) is 4.52 Å². The second-order valence-electron chi connectivity index (χ2n) is 7.66. The van der Waals surface area contributed by atoms with Gasteiger partial charge in [0.25, 0.3) is 11.6 Å². The molecule has 0 aliphatic carbocycles. The highest BCUT2D eigenvalue weighted by Crippen LogP contribution is 2.35. The first kappa shape index (κ1) is 19.9. The summed E-state index contributed by atoms with van der Waals surface area (Å²) in [4.78, 5) is 31.3. The van der Waals surface area contributed by atoms with Gasteiger partial charge in [0.2, 0.25) is 5.91 Å². The molecule has 2 aromatic heterocycles. The van der Waals surface area contributed by atoms with Crippen molar-refractivity contribution in [2.45, 2.75) is 20.3 Å². The summed E-state index contributed by atoms with van der Waals surface area (Å²) in [5.74, 6) is -0.888. The van der Waals surface area contributed by atoms with Crippen molar-refractivity contribution >= 4 is 34.3 Å². The van der Waals surface area contributed by atoms with Gasteiger partial charge in [-0.15, -0.1) is 0 Å². The minimum Gasteiger partial charge on any atom is -0.335 e. The number of carbonyl (C=O) groups excluding carboxylic acids is 2. The normalized spacial score (nSPS) is 12.8. The predicted octanol–water partition coefficient (Wildman–Crippen LogP) is 4.50. The van der Waals surface area contributed by atoms with Gasteiger partial charge in [0.05, 0.1) is 22.3 Å². The number of nitrogens with one attached hydrogen (secondary N) is 1. The van der Waals surface area contributed by atoms with Crippen LogP contribution in [0.4, 0.5) is 15.8 Å². The lowest BCUT2D eigenvalue weighted by Gasteiger charge is -2.16. The van der Waals surface area contributed by atoms with E-state index in [2.05, 4.69) is 15.5 Å². The number of aryl methyl sites for hydroxylation is 1. The van der Waals surface area contributed by atoms with E-state index in [1.807, 2.05) is 6.07 Å². The van der Waals surface area contributed by atoms with Crippen LogP contribution in [0.5, 0.6) is 0 Å². The van der Waals surface area contributed by atoms with Gasteiger partial charge in [-0.2, -0.15) is 0 Å². The highest BCUT2D eigenvalue weighted by Gasteiger charge is 2.26. The monoisotopic (exact) mass is 430 g/mol. The molecule has 0 saturated carbocycles. The Hall–Kier alpha value is -4.07. The minimum absolute atomic E-state index is 0.0438. The number of halogens is 1. The topological polar surface area (TPSA) is 88.3 Å². The van der Waals surface area contributed by atoms with Crippen LogP contribution in [-0.2, 0) is 11.2 Å². The summed E-state index contributed by atoms with van der Waals surface area (Å²) in [6, 6.07) is 13.2. The minimum atomic E-state index is -0.452. The van der Waals surface area contributed by atoms with Crippen LogP contribution in [-0.4, -0.2) is 28.5 Å². The number of amides is 2. The van der Waals surface area contributed by atoms with Gasteiger partial charge >= 0.3 is 0 Å². The third-order valence-corrected chi connectivity index (χ3v) is 5.67. The molecule has 0 bridgehead atoms. The van der Waals surface area contributed by atoms with Crippen LogP contribution in [0, 0.1) is 12.7 Å². The number of carbonyl (C=O) groups is 2. The van der Waals surface area contributed by atoms with Gasteiger partial charge < -0.3 is 14.7 Å². The zero-order valence-corrected chi connectivity index (χ0v) is 17.5. The zero-order valence-electron chi connectivity index (χ0n) is 17.5. The van der Waals surface area contributed by atoms with Crippen molar-refractivity contribution in [3.8, 4) is 11.3 Å². The standard InChI is InChI=1S/C24H19FN4O3/c1-13-22-17(12-20(27-24(22)32-28-13)15-6-3-4-7-18(15)25)23(31)26-19-8-5-9-21-16(19)10-11-29(21)14(2)30/h3-9,12H,10-11H2,1-2H3,(H,26,31). The summed E-state index contributed by atoms with van der Waals surface area (Å²) < 4.78 is 19.7. The second kappa shape index (κ2) is 7.56. The van der Waals surface area contributed by atoms with Gasteiger partial charge in [0.15, 0.2) is 0 Å². The van der Waals surface area contributed by atoms with Gasteiger partial charge in [0, 0.05) is 36.0 Å². The van der Waals surface area contributed by atoms with Crippen molar-refractivity contribution in [3.63, 3.8) is 0 Å². The lowest BCUT2D eigenvalue weighted by atomic mass is 10.0. The maximum Gasteiger partial charge on any atom is 0.259 e. The fourth-order valence-electron chi connectivity index (χ4n) is 4.15. The lowest BCUT2D eigenvalue weighted by Crippen LogP contribution is -2.25. The highest BCUT2D eigenvalue weighted by atomic mass is 19.1. The van der Waals surface area contributed by atoms with Gasteiger partial charge in [-0.1, -0.05) is 23.4 Å². The molecule has 1 aliphatic rings. The predicted molar refractivity (Wildman–Crippen MR) is 118 cm³/mol. The molecular formula is C24H19FN4O3. The molecule has 0 unspecified atom stereocenters.